The van der Waals surface area contributed by atoms with Crippen LogP contribution in [0, 0.1) is 0 Å². The van der Waals surface area contributed by atoms with Gasteiger partial charge in [-0.05, 0) is 12.5 Å². The number of carbonyl (C=O) groups excluding carboxylic acids is 3. The zero-order chi connectivity index (χ0) is 19.0. The largest absolute Gasteiger partial charge is 0.493 e. The number of hydrogen-bond donors (Lipinski definition) is 2. The zero-order valence-corrected chi connectivity index (χ0v) is 15.3. The van der Waals surface area contributed by atoms with Crippen LogP contribution >= 0.6 is 11.3 Å². The fourth-order valence-electron chi connectivity index (χ4n) is 3.26. The molecule has 0 saturated carbocycles. The maximum atomic E-state index is 13.1. The molecule has 1 saturated heterocycles. The Morgan fingerprint density at radius 3 is 2.96 bits per heavy atom. The van der Waals surface area contributed by atoms with E-state index >= 15 is 0 Å². The van der Waals surface area contributed by atoms with Crippen LogP contribution in [-0.2, 0) is 21.5 Å². The number of rotatable bonds is 4. The molecule has 0 bridgehead atoms. The number of para-hydroxylation sites is 1. The van der Waals surface area contributed by atoms with Crippen molar-refractivity contribution in [3.63, 3.8) is 0 Å². The summed E-state index contributed by atoms with van der Waals surface area (Å²) in [5.41, 5.74) is -0.584. The van der Waals surface area contributed by atoms with Crippen molar-refractivity contribution in [1.29, 1.82) is 0 Å². The van der Waals surface area contributed by atoms with Crippen LogP contribution in [0.25, 0.3) is 0 Å². The molecule has 1 spiro atoms. The SMILES string of the molecule is CCc1nnc(NC(=O)CN2C(=O)N[C@]3(CCOc4ccccc43)C2=O)s1. The summed E-state index contributed by atoms with van der Waals surface area (Å²) in [7, 11) is 0. The van der Waals surface area contributed by atoms with Gasteiger partial charge in [-0.3, -0.25) is 19.8 Å². The minimum atomic E-state index is -1.19. The van der Waals surface area contributed by atoms with E-state index in [2.05, 4.69) is 20.8 Å². The molecule has 2 aromatic rings. The molecule has 0 unspecified atom stereocenters. The molecule has 0 aliphatic carbocycles. The fraction of sp³-hybridized carbons (Fsp3) is 0.353. The van der Waals surface area contributed by atoms with Gasteiger partial charge in [-0.25, -0.2) is 4.79 Å². The van der Waals surface area contributed by atoms with Crippen molar-refractivity contribution < 1.29 is 19.1 Å². The van der Waals surface area contributed by atoms with Crippen LogP contribution in [-0.4, -0.2) is 46.1 Å². The normalized spacial score (nSPS) is 21.0. The first-order valence-corrected chi connectivity index (χ1v) is 9.34. The summed E-state index contributed by atoms with van der Waals surface area (Å²) >= 11 is 1.26. The third-order valence-corrected chi connectivity index (χ3v) is 5.56. The molecule has 4 rings (SSSR count). The van der Waals surface area contributed by atoms with E-state index in [-0.39, 0.29) is 0 Å². The van der Waals surface area contributed by atoms with Gasteiger partial charge in [0.2, 0.25) is 11.0 Å². The van der Waals surface area contributed by atoms with Gasteiger partial charge in [0.1, 0.15) is 17.3 Å². The van der Waals surface area contributed by atoms with Gasteiger partial charge >= 0.3 is 6.03 Å². The summed E-state index contributed by atoms with van der Waals surface area (Å²) in [6.45, 7) is 1.84. The van der Waals surface area contributed by atoms with E-state index in [0.29, 0.717) is 35.9 Å². The van der Waals surface area contributed by atoms with Crippen molar-refractivity contribution >= 4 is 34.3 Å². The Balaban J connectivity index is 1.53. The van der Waals surface area contributed by atoms with Crippen molar-refractivity contribution in [3.8, 4) is 5.75 Å². The van der Waals surface area contributed by atoms with Crippen LogP contribution in [0.1, 0.15) is 23.9 Å². The third kappa shape index (κ3) is 2.91. The lowest BCUT2D eigenvalue weighted by Crippen LogP contribution is -2.48. The molecule has 1 fully saturated rings. The summed E-state index contributed by atoms with van der Waals surface area (Å²) in [5, 5.41) is 14.3. The second kappa shape index (κ2) is 6.62. The smallest absolute Gasteiger partial charge is 0.325 e. The first kappa shape index (κ1) is 17.4. The molecule has 140 valence electrons. The number of benzene rings is 1. The lowest BCUT2D eigenvalue weighted by atomic mass is 9.84. The molecule has 27 heavy (non-hydrogen) atoms. The molecule has 4 amide bonds. The number of urea groups is 1. The lowest BCUT2D eigenvalue weighted by molar-refractivity contribution is -0.135. The molecule has 2 N–H and O–H groups in total. The second-order valence-corrected chi connectivity index (χ2v) is 7.29. The van der Waals surface area contributed by atoms with Crippen molar-refractivity contribution in [2.75, 3.05) is 18.5 Å². The van der Waals surface area contributed by atoms with Gasteiger partial charge in [0.15, 0.2) is 5.54 Å². The van der Waals surface area contributed by atoms with E-state index in [1.165, 1.54) is 11.3 Å². The van der Waals surface area contributed by atoms with Crippen LogP contribution in [0.2, 0.25) is 0 Å². The minimum absolute atomic E-state index is 0.299. The Morgan fingerprint density at radius 1 is 1.37 bits per heavy atom. The van der Waals surface area contributed by atoms with Gasteiger partial charge < -0.3 is 10.1 Å². The topological polar surface area (TPSA) is 114 Å². The van der Waals surface area contributed by atoms with Crippen molar-refractivity contribution in [2.45, 2.75) is 25.3 Å². The van der Waals surface area contributed by atoms with E-state index in [1.54, 1.807) is 24.3 Å². The van der Waals surface area contributed by atoms with E-state index < -0.39 is 29.9 Å². The maximum Gasteiger partial charge on any atom is 0.325 e. The second-order valence-electron chi connectivity index (χ2n) is 6.22. The standard InChI is InChI=1S/C17H17N5O4S/c1-2-13-20-21-15(27-13)18-12(23)9-22-14(24)17(19-16(22)25)7-8-26-11-6-4-3-5-10(11)17/h3-6H,2,7-9H2,1H3,(H,19,25)(H,18,21,23)/t17-/m0/s1. The Morgan fingerprint density at radius 2 is 2.19 bits per heavy atom. The summed E-state index contributed by atoms with van der Waals surface area (Å²) in [6, 6.07) is 6.50. The number of amides is 4. The van der Waals surface area contributed by atoms with Crippen LogP contribution in [0.4, 0.5) is 9.93 Å². The van der Waals surface area contributed by atoms with Crippen LogP contribution < -0.4 is 15.4 Å². The summed E-state index contributed by atoms with van der Waals surface area (Å²) in [4.78, 5) is 38.8. The monoisotopic (exact) mass is 387 g/mol. The van der Waals surface area contributed by atoms with E-state index in [4.69, 9.17) is 4.74 Å². The van der Waals surface area contributed by atoms with Gasteiger partial charge in [-0.15, -0.1) is 10.2 Å². The molecule has 0 radical (unpaired) electrons. The number of aryl methyl sites for hydroxylation is 1. The maximum absolute atomic E-state index is 13.1. The predicted molar refractivity (Wildman–Crippen MR) is 96.4 cm³/mol. The Labute approximate surface area is 158 Å². The molecule has 1 aromatic heterocycles. The highest BCUT2D eigenvalue weighted by molar-refractivity contribution is 7.15. The average Bonchev–Trinajstić information content (AvgIpc) is 3.21. The van der Waals surface area contributed by atoms with Crippen LogP contribution in [0.15, 0.2) is 24.3 Å². The molecular weight excluding hydrogens is 370 g/mol. The predicted octanol–water partition coefficient (Wildman–Crippen LogP) is 1.27. The number of anilines is 1. The minimum Gasteiger partial charge on any atom is -0.493 e. The lowest BCUT2D eigenvalue weighted by Gasteiger charge is -2.33. The summed E-state index contributed by atoms with van der Waals surface area (Å²) in [5.74, 6) is -0.399. The summed E-state index contributed by atoms with van der Waals surface area (Å²) < 4.78 is 5.59. The zero-order valence-electron chi connectivity index (χ0n) is 14.5. The Bertz CT molecular complexity index is 930. The van der Waals surface area contributed by atoms with Gasteiger partial charge in [0.05, 0.1) is 6.61 Å². The third-order valence-electron chi connectivity index (χ3n) is 4.57. The number of hydrogen-bond acceptors (Lipinski definition) is 7. The van der Waals surface area contributed by atoms with Gasteiger partial charge in [-0.2, -0.15) is 0 Å². The number of ether oxygens (including phenoxy) is 1. The van der Waals surface area contributed by atoms with Crippen LogP contribution in [0.5, 0.6) is 5.75 Å². The molecule has 1 atom stereocenters. The Kier molecular flexibility index (Phi) is 4.27. The van der Waals surface area contributed by atoms with E-state index in [1.807, 2.05) is 6.92 Å². The number of imide groups is 1. The first-order chi connectivity index (χ1) is 13.0. The molecule has 10 heteroatoms. The molecule has 2 aliphatic heterocycles. The summed E-state index contributed by atoms with van der Waals surface area (Å²) in [6.07, 6.45) is 1.02. The highest BCUT2D eigenvalue weighted by Gasteiger charge is 2.55. The number of nitrogens with one attached hydrogen (secondary N) is 2. The highest BCUT2D eigenvalue weighted by atomic mass is 32.1. The van der Waals surface area contributed by atoms with Crippen LogP contribution in [0.3, 0.4) is 0 Å². The van der Waals surface area contributed by atoms with Crippen molar-refractivity contribution in [1.82, 2.24) is 20.4 Å². The Hall–Kier alpha value is -3.01. The molecule has 2 aliphatic rings. The molecule has 9 nitrogen and oxygen atoms in total. The molecule has 3 heterocycles. The van der Waals surface area contributed by atoms with Gasteiger partial charge in [0.25, 0.3) is 5.91 Å². The number of fused-ring (bicyclic) bond motifs is 2. The number of aromatic nitrogens is 2. The van der Waals surface area contributed by atoms with Gasteiger partial charge in [-0.1, -0.05) is 36.5 Å². The molecule has 1 aromatic carbocycles. The first-order valence-electron chi connectivity index (χ1n) is 8.52. The molecular formula is C17H17N5O4S. The van der Waals surface area contributed by atoms with E-state index in [9.17, 15) is 14.4 Å². The average molecular weight is 387 g/mol. The number of nitrogens with zero attached hydrogens (tertiary/aromatic N) is 3. The quantitative estimate of drug-likeness (QED) is 0.764. The van der Waals surface area contributed by atoms with E-state index in [0.717, 1.165) is 9.91 Å². The van der Waals surface area contributed by atoms with Crippen molar-refractivity contribution in [2.24, 2.45) is 0 Å². The van der Waals surface area contributed by atoms with Gasteiger partial charge in [0, 0.05) is 12.0 Å². The number of carbonyl (C=O) groups is 3. The fourth-order valence-corrected chi connectivity index (χ4v) is 3.96. The highest BCUT2D eigenvalue weighted by Crippen LogP contribution is 2.40. The van der Waals surface area contributed by atoms with Crippen molar-refractivity contribution in [3.05, 3.63) is 34.8 Å².